The molecule has 0 spiro atoms. The Morgan fingerprint density at radius 2 is 1.32 bits per heavy atom. The highest BCUT2D eigenvalue weighted by atomic mass is 16.4. The normalized spacial score (nSPS) is 10.6. The molecule has 3 rings (SSSR count). The number of aromatic carboxylic acids is 1. The molecule has 22 heavy (non-hydrogen) atoms. The summed E-state index contributed by atoms with van der Waals surface area (Å²) >= 11 is 0. The van der Waals surface area contributed by atoms with Gasteiger partial charge in [-0.15, -0.1) is 0 Å². The molecule has 0 bridgehead atoms. The molecular weight excluding hydrogens is 274 g/mol. The van der Waals surface area contributed by atoms with Crippen molar-refractivity contribution >= 4 is 5.97 Å². The van der Waals surface area contributed by atoms with E-state index in [4.69, 9.17) is 5.11 Å². The van der Waals surface area contributed by atoms with Gasteiger partial charge in [0.15, 0.2) is 0 Å². The Labute approximate surface area is 128 Å². The van der Waals surface area contributed by atoms with Crippen molar-refractivity contribution in [2.45, 2.75) is 5.92 Å². The smallest absolute Gasteiger partial charge is 0.354 e. The molecule has 108 valence electrons. The topological polar surface area (TPSA) is 50.2 Å². The van der Waals surface area contributed by atoms with Gasteiger partial charge < -0.3 is 5.11 Å². The average molecular weight is 289 g/mol. The lowest BCUT2D eigenvalue weighted by Gasteiger charge is -2.18. The average Bonchev–Trinajstić information content (AvgIpc) is 2.57. The van der Waals surface area contributed by atoms with Gasteiger partial charge in [0.05, 0.1) is 11.6 Å². The van der Waals surface area contributed by atoms with Gasteiger partial charge >= 0.3 is 5.97 Å². The number of rotatable bonds is 4. The highest BCUT2D eigenvalue weighted by molar-refractivity contribution is 5.85. The quantitative estimate of drug-likeness (QED) is 0.791. The molecule has 2 aromatic carbocycles. The Morgan fingerprint density at radius 1 is 0.773 bits per heavy atom. The van der Waals surface area contributed by atoms with Crippen LogP contribution in [0.2, 0.25) is 0 Å². The predicted octanol–water partition coefficient (Wildman–Crippen LogP) is 3.96. The number of aromatic nitrogens is 1. The Bertz CT molecular complexity index is 730. The second-order valence-corrected chi connectivity index (χ2v) is 5.01. The Balaban J connectivity index is 2.14. The van der Waals surface area contributed by atoms with Crippen LogP contribution in [-0.4, -0.2) is 16.1 Å². The minimum absolute atomic E-state index is 0.0642. The first kappa shape index (κ1) is 14.0. The second-order valence-electron chi connectivity index (χ2n) is 5.01. The summed E-state index contributed by atoms with van der Waals surface area (Å²) in [6.07, 6.45) is 0. The van der Waals surface area contributed by atoms with Crippen LogP contribution in [0.25, 0.3) is 0 Å². The van der Waals surface area contributed by atoms with Crippen LogP contribution >= 0.6 is 0 Å². The molecular formula is C19H15NO2. The molecule has 0 saturated carbocycles. The monoisotopic (exact) mass is 289 g/mol. The summed E-state index contributed by atoms with van der Waals surface area (Å²) in [5, 5.41) is 9.17. The van der Waals surface area contributed by atoms with Gasteiger partial charge in [0.25, 0.3) is 0 Å². The van der Waals surface area contributed by atoms with Gasteiger partial charge in [0.1, 0.15) is 5.69 Å². The third kappa shape index (κ3) is 2.88. The predicted molar refractivity (Wildman–Crippen MR) is 85.0 cm³/mol. The molecule has 3 heteroatoms. The van der Waals surface area contributed by atoms with E-state index in [9.17, 15) is 4.79 Å². The molecule has 1 aromatic heterocycles. The van der Waals surface area contributed by atoms with Crippen molar-refractivity contribution in [3.8, 4) is 0 Å². The number of carboxylic acid groups (broad SMARTS) is 1. The molecule has 0 aliphatic rings. The van der Waals surface area contributed by atoms with Gasteiger partial charge in [-0.25, -0.2) is 9.78 Å². The molecule has 0 aliphatic carbocycles. The van der Waals surface area contributed by atoms with Gasteiger partial charge in [0, 0.05) is 0 Å². The lowest BCUT2D eigenvalue weighted by molar-refractivity contribution is 0.0690. The molecule has 0 saturated heterocycles. The fourth-order valence-electron chi connectivity index (χ4n) is 2.56. The summed E-state index contributed by atoms with van der Waals surface area (Å²) in [5.74, 6) is -1.09. The van der Waals surface area contributed by atoms with E-state index in [2.05, 4.69) is 4.98 Å². The summed E-state index contributed by atoms with van der Waals surface area (Å²) in [5.41, 5.74) is 2.97. The third-order valence-corrected chi connectivity index (χ3v) is 3.55. The first-order valence-electron chi connectivity index (χ1n) is 7.06. The van der Waals surface area contributed by atoms with Crippen molar-refractivity contribution in [1.82, 2.24) is 4.98 Å². The first-order valence-corrected chi connectivity index (χ1v) is 7.06. The summed E-state index contributed by atoms with van der Waals surface area (Å²) in [6.45, 7) is 0. The third-order valence-electron chi connectivity index (χ3n) is 3.55. The summed E-state index contributed by atoms with van der Waals surface area (Å²) in [4.78, 5) is 15.5. The molecule has 3 nitrogen and oxygen atoms in total. The first-order chi connectivity index (χ1) is 10.8. The van der Waals surface area contributed by atoms with Crippen molar-refractivity contribution in [3.63, 3.8) is 0 Å². The lowest BCUT2D eigenvalue weighted by Crippen LogP contribution is -2.09. The van der Waals surface area contributed by atoms with Crippen LogP contribution in [0.1, 0.15) is 33.2 Å². The van der Waals surface area contributed by atoms with E-state index in [0.29, 0.717) is 0 Å². The fraction of sp³-hybridized carbons (Fsp3) is 0.0526. The van der Waals surface area contributed by atoms with Crippen LogP contribution < -0.4 is 0 Å². The Kier molecular flexibility index (Phi) is 3.97. The fourth-order valence-corrected chi connectivity index (χ4v) is 2.56. The van der Waals surface area contributed by atoms with Crippen LogP contribution in [0.5, 0.6) is 0 Å². The van der Waals surface area contributed by atoms with Crippen molar-refractivity contribution in [2.75, 3.05) is 0 Å². The van der Waals surface area contributed by atoms with E-state index in [-0.39, 0.29) is 11.6 Å². The zero-order chi connectivity index (χ0) is 15.4. The maximum atomic E-state index is 11.2. The van der Waals surface area contributed by atoms with Crippen LogP contribution in [0, 0.1) is 0 Å². The van der Waals surface area contributed by atoms with E-state index in [0.717, 1.165) is 16.8 Å². The summed E-state index contributed by atoms with van der Waals surface area (Å²) in [6, 6.07) is 25.1. The maximum Gasteiger partial charge on any atom is 0.354 e. The van der Waals surface area contributed by atoms with Gasteiger partial charge in [0.2, 0.25) is 0 Å². The Hall–Kier alpha value is -2.94. The number of pyridine rings is 1. The van der Waals surface area contributed by atoms with Crippen molar-refractivity contribution in [2.24, 2.45) is 0 Å². The number of carboxylic acids is 1. The standard InChI is InChI=1S/C19H15NO2/c21-19(22)17-13-7-12-16(20-17)18(14-8-3-1-4-9-14)15-10-5-2-6-11-15/h1-13,18H,(H,21,22). The van der Waals surface area contributed by atoms with E-state index < -0.39 is 5.97 Å². The largest absolute Gasteiger partial charge is 0.477 e. The minimum Gasteiger partial charge on any atom is -0.477 e. The molecule has 0 radical (unpaired) electrons. The van der Waals surface area contributed by atoms with Crippen molar-refractivity contribution in [1.29, 1.82) is 0 Å². The number of hydrogen-bond acceptors (Lipinski definition) is 2. The molecule has 1 heterocycles. The van der Waals surface area contributed by atoms with Crippen molar-refractivity contribution in [3.05, 3.63) is 101 Å². The van der Waals surface area contributed by atoms with E-state index >= 15 is 0 Å². The number of benzene rings is 2. The van der Waals surface area contributed by atoms with E-state index in [1.165, 1.54) is 6.07 Å². The van der Waals surface area contributed by atoms with E-state index in [1.807, 2.05) is 66.7 Å². The Morgan fingerprint density at radius 3 is 1.82 bits per heavy atom. The van der Waals surface area contributed by atoms with Crippen LogP contribution in [0.3, 0.4) is 0 Å². The summed E-state index contributed by atoms with van der Waals surface area (Å²) in [7, 11) is 0. The molecule has 3 aromatic rings. The van der Waals surface area contributed by atoms with Crippen LogP contribution in [0.15, 0.2) is 78.9 Å². The highest BCUT2D eigenvalue weighted by Gasteiger charge is 2.19. The summed E-state index contributed by atoms with van der Waals surface area (Å²) < 4.78 is 0. The number of carbonyl (C=O) groups is 1. The molecule has 0 amide bonds. The number of nitrogens with zero attached hydrogens (tertiary/aromatic N) is 1. The van der Waals surface area contributed by atoms with E-state index in [1.54, 1.807) is 6.07 Å². The minimum atomic E-state index is -1.01. The van der Waals surface area contributed by atoms with Crippen molar-refractivity contribution < 1.29 is 9.90 Å². The van der Waals surface area contributed by atoms with Gasteiger partial charge in [-0.05, 0) is 23.3 Å². The zero-order valence-electron chi connectivity index (χ0n) is 11.9. The highest BCUT2D eigenvalue weighted by Crippen LogP contribution is 2.30. The maximum absolute atomic E-state index is 11.2. The molecule has 0 unspecified atom stereocenters. The van der Waals surface area contributed by atoms with Gasteiger partial charge in [-0.1, -0.05) is 66.7 Å². The molecule has 0 aliphatic heterocycles. The van der Waals surface area contributed by atoms with Gasteiger partial charge in [-0.3, -0.25) is 0 Å². The molecule has 1 N–H and O–H groups in total. The van der Waals surface area contributed by atoms with Gasteiger partial charge in [-0.2, -0.15) is 0 Å². The number of hydrogen-bond donors (Lipinski definition) is 1. The molecule has 0 fully saturated rings. The second kappa shape index (κ2) is 6.22. The zero-order valence-corrected chi connectivity index (χ0v) is 11.9. The van der Waals surface area contributed by atoms with Crippen LogP contribution in [-0.2, 0) is 0 Å². The molecule has 0 atom stereocenters. The lowest BCUT2D eigenvalue weighted by atomic mass is 9.88. The SMILES string of the molecule is O=C(O)c1cccc(C(c2ccccc2)c2ccccc2)n1. The van der Waals surface area contributed by atoms with Crippen LogP contribution in [0.4, 0.5) is 0 Å².